The van der Waals surface area contributed by atoms with Crippen molar-refractivity contribution in [1.82, 2.24) is 5.32 Å². The summed E-state index contributed by atoms with van der Waals surface area (Å²) in [5.41, 5.74) is -4.27. The van der Waals surface area contributed by atoms with Crippen LogP contribution in [0.1, 0.15) is 57.6 Å². The number of carbonyl (C=O) groups excluding carboxylic acids is 4. The van der Waals surface area contributed by atoms with Gasteiger partial charge in [0.15, 0.2) is 18.1 Å². The zero-order valence-corrected chi connectivity index (χ0v) is 25.0. The van der Waals surface area contributed by atoms with Crippen LogP contribution in [-0.2, 0) is 36.9 Å². The number of ketones is 2. The normalized spacial score (nSPS) is 37.8. The molecule has 4 aliphatic carbocycles. The first kappa shape index (κ1) is 31.1. The van der Waals surface area contributed by atoms with Crippen LogP contribution in [0.5, 0.6) is 0 Å². The van der Waals surface area contributed by atoms with E-state index >= 15 is 4.39 Å². The number of amides is 1. The van der Waals surface area contributed by atoms with Crippen molar-refractivity contribution < 1.29 is 43.3 Å². The molecular weight excluding hydrogens is 557 g/mol. The number of alkyl halides is 1. The van der Waals surface area contributed by atoms with Gasteiger partial charge in [0.1, 0.15) is 12.2 Å². The molecule has 4 aliphatic rings. The monoisotopic (exact) mass is 597 g/mol. The summed E-state index contributed by atoms with van der Waals surface area (Å²) in [4.78, 5) is 49.5. The lowest BCUT2D eigenvalue weighted by Crippen LogP contribution is -2.69. The molecule has 0 bridgehead atoms. The largest absolute Gasteiger partial charge is 0.509 e. The molecule has 8 atom stereocenters. The molecule has 9 nitrogen and oxygen atoms in total. The number of benzene rings is 1. The Kier molecular flexibility index (Phi) is 7.92. The zero-order valence-electron chi connectivity index (χ0n) is 25.0. The highest BCUT2D eigenvalue weighted by Gasteiger charge is 2.75. The molecule has 10 heteroatoms. The van der Waals surface area contributed by atoms with Crippen LogP contribution in [0.4, 0.5) is 9.18 Å². The summed E-state index contributed by atoms with van der Waals surface area (Å²) in [6, 6.07) is 6.92. The SMILES string of the molecule is CNC(=O)Cc1ccc(COC(=O)OCC(=O)[C@@]2(O)[C@H](C)C[C@H]3[C@@H]4CCC5=CC(=O)C=C[C@]5(C)[C@@]4(F)[C@@H](O)C[C@@]32C)cc1. The number of halogens is 1. The summed E-state index contributed by atoms with van der Waals surface area (Å²) in [5, 5.41) is 26.0. The minimum atomic E-state index is -2.08. The number of allylic oxidation sites excluding steroid dienone is 4. The number of rotatable bonds is 7. The standard InChI is InChI=1S/C33H40FNO8/c1-19-13-25-24-10-9-22-15-23(36)11-12-30(22,2)32(24,34)26(37)16-31(25,3)33(19,41)27(38)18-43-29(40)42-17-21-7-5-20(6-8-21)14-28(39)35-4/h5-8,11-12,15,19,24-26,37,41H,9-10,13-14,16-18H2,1-4H3,(H,35,39)/t19-,24+,25+,26+,30+,31+,32+,33+/m1/s1. The number of hydrogen-bond donors (Lipinski definition) is 3. The van der Waals surface area contributed by atoms with E-state index in [0.29, 0.717) is 30.4 Å². The fourth-order valence-electron chi connectivity index (χ4n) is 8.59. The number of aliphatic hydroxyl groups excluding tert-OH is 1. The predicted octanol–water partition coefficient (Wildman–Crippen LogP) is 3.55. The third kappa shape index (κ3) is 4.73. The Labute approximate surface area is 250 Å². The minimum Gasteiger partial charge on any atom is -0.429 e. The predicted molar refractivity (Wildman–Crippen MR) is 153 cm³/mol. The Balaban J connectivity index is 1.26. The van der Waals surface area contributed by atoms with Crippen LogP contribution in [0.2, 0.25) is 0 Å². The molecule has 3 saturated carbocycles. The van der Waals surface area contributed by atoms with Gasteiger partial charge in [-0.3, -0.25) is 14.4 Å². The molecule has 0 aliphatic heterocycles. The van der Waals surface area contributed by atoms with E-state index in [1.807, 2.05) is 0 Å². The molecule has 0 heterocycles. The highest BCUT2D eigenvalue weighted by Crippen LogP contribution is 2.70. The average Bonchev–Trinajstić information content (AvgIpc) is 3.18. The Morgan fingerprint density at radius 1 is 1.09 bits per heavy atom. The van der Waals surface area contributed by atoms with E-state index < -0.39 is 64.5 Å². The zero-order chi connectivity index (χ0) is 31.4. The lowest BCUT2D eigenvalue weighted by atomic mass is 9.44. The third-order valence-electron chi connectivity index (χ3n) is 11.0. The maximum Gasteiger partial charge on any atom is 0.509 e. The topological polar surface area (TPSA) is 139 Å². The Morgan fingerprint density at radius 3 is 2.44 bits per heavy atom. The fourth-order valence-corrected chi connectivity index (χ4v) is 8.59. The summed E-state index contributed by atoms with van der Waals surface area (Å²) < 4.78 is 27.5. The van der Waals surface area contributed by atoms with Gasteiger partial charge in [-0.05, 0) is 67.7 Å². The van der Waals surface area contributed by atoms with Gasteiger partial charge in [-0.2, -0.15) is 0 Å². The maximum absolute atomic E-state index is 17.3. The van der Waals surface area contributed by atoms with Gasteiger partial charge < -0.3 is 25.0 Å². The van der Waals surface area contributed by atoms with Crippen LogP contribution in [0.3, 0.4) is 0 Å². The van der Waals surface area contributed by atoms with Gasteiger partial charge in [-0.15, -0.1) is 0 Å². The van der Waals surface area contributed by atoms with E-state index in [1.165, 1.54) is 12.2 Å². The van der Waals surface area contributed by atoms with Crippen molar-refractivity contribution in [2.75, 3.05) is 13.7 Å². The molecule has 232 valence electrons. The Bertz CT molecular complexity index is 1390. The second-order valence-corrected chi connectivity index (χ2v) is 13.1. The number of hydrogen-bond acceptors (Lipinski definition) is 8. The molecule has 0 unspecified atom stereocenters. The van der Waals surface area contributed by atoms with E-state index in [2.05, 4.69) is 5.32 Å². The first-order chi connectivity index (χ1) is 20.2. The number of fused-ring (bicyclic) bond motifs is 5. The molecule has 0 spiro atoms. The lowest BCUT2D eigenvalue weighted by Gasteiger charge is -2.62. The van der Waals surface area contributed by atoms with Gasteiger partial charge in [-0.25, -0.2) is 9.18 Å². The van der Waals surface area contributed by atoms with E-state index in [4.69, 9.17) is 9.47 Å². The molecule has 1 aromatic carbocycles. The minimum absolute atomic E-state index is 0.116. The second kappa shape index (κ2) is 11.0. The molecule has 1 amide bonds. The van der Waals surface area contributed by atoms with Gasteiger partial charge in [0.2, 0.25) is 11.7 Å². The van der Waals surface area contributed by atoms with Gasteiger partial charge in [-0.1, -0.05) is 49.8 Å². The third-order valence-corrected chi connectivity index (χ3v) is 11.0. The first-order valence-corrected chi connectivity index (χ1v) is 14.9. The summed E-state index contributed by atoms with van der Waals surface area (Å²) >= 11 is 0. The molecule has 3 N–H and O–H groups in total. The van der Waals surface area contributed by atoms with Crippen molar-refractivity contribution in [2.45, 2.75) is 76.9 Å². The highest BCUT2D eigenvalue weighted by atomic mass is 19.1. The van der Waals surface area contributed by atoms with Crippen molar-refractivity contribution in [3.8, 4) is 0 Å². The fraction of sp³-hybridized carbons (Fsp3) is 0.576. The van der Waals surface area contributed by atoms with Crippen LogP contribution in [0, 0.1) is 28.6 Å². The summed E-state index contributed by atoms with van der Waals surface area (Å²) in [6.45, 7) is 4.32. The number of aliphatic hydroxyl groups is 2. The van der Waals surface area contributed by atoms with Crippen molar-refractivity contribution in [3.05, 3.63) is 59.2 Å². The first-order valence-electron chi connectivity index (χ1n) is 14.9. The number of carbonyl (C=O) groups is 4. The van der Waals surface area contributed by atoms with Crippen LogP contribution >= 0.6 is 0 Å². The smallest absolute Gasteiger partial charge is 0.429 e. The molecule has 5 rings (SSSR count). The number of nitrogens with one attached hydrogen (secondary N) is 1. The van der Waals surface area contributed by atoms with Crippen LogP contribution in [0.15, 0.2) is 48.1 Å². The van der Waals surface area contributed by atoms with E-state index in [1.54, 1.807) is 58.2 Å². The summed E-state index contributed by atoms with van der Waals surface area (Å²) in [6.07, 6.45) is 3.09. The molecule has 1 aromatic rings. The van der Waals surface area contributed by atoms with E-state index in [-0.39, 0.29) is 31.1 Å². The van der Waals surface area contributed by atoms with Gasteiger partial charge in [0.05, 0.1) is 12.5 Å². The number of likely N-dealkylation sites (N-methyl/N-ethyl adjacent to an activating group) is 1. The van der Waals surface area contributed by atoms with Crippen molar-refractivity contribution in [2.24, 2.45) is 28.6 Å². The molecule has 0 saturated heterocycles. The lowest BCUT2D eigenvalue weighted by molar-refractivity contribution is -0.219. The highest BCUT2D eigenvalue weighted by molar-refractivity contribution is 6.01. The average molecular weight is 598 g/mol. The maximum atomic E-state index is 17.3. The molecule has 0 aromatic heterocycles. The quantitative estimate of drug-likeness (QED) is 0.406. The molecule has 0 radical (unpaired) electrons. The van der Waals surface area contributed by atoms with Crippen LogP contribution in [0.25, 0.3) is 0 Å². The van der Waals surface area contributed by atoms with Gasteiger partial charge in [0.25, 0.3) is 0 Å². The molecular formula is C33H40FNO8. The Hall–Kier alpha value is -3.37. The van der Waals surface area contributed by atoms with Crippen molar-refractivity contribution in [1.29, 1.82) is 0 Å². The second-order valence-electron chi connectivity index (χ2n) is 13.1. The van der Waals surface area contributed by atoms with Crippen LogP contribution in [-0.4, -0.2) is 64.9 Å². The van der Waals surface area contributed by atoms with Gasteiger partial charge >= 0.3 is 6.16 Å². The summed E-state index contributed by atoms with van der Waals surface area (Å²) in [5.74, 6) is -2.70. The van der Waals surface area contributed by atoms with Crippen molar-refractivity contribution >= 4 is 23.6 Å². The van der Waals surface area contributed by atoms with Crippen molar-refractivity contribution in [3.63, 3.8) is 0 Å². The summed E-state index contributed by atoms with van der Waals surface area (Å²) in [7, 11) is 1.56. The van der Waals surface area contributed by atoms with E-state index in [0.717, 1.165) is 5.56 Å². The van der Waals surface area contributed by atoms with E-state index in [9.17, 15) is 29.4 Å². The number of Topliss-reactive ketones (excluding diaryl/α,β-unsaturated/α-hetero) is 1. The number of ether oxygens (including phenoxy) is 2. The van der Waals surface area contributed by atoms with Crippen LogP contribution < -0.4 is 5.32 Å². The molecule has 43 heavy (non-hydrogen) atoms. The Morgan fingerprint density at radius 2 is 1.77 bits per heavy atom. The van der Waals surface area contributed by atoms with Gasteiger partial charge in [0, 0.05) is 23.8 Å². The molecule has 3 fully saturated rings.